The van der Waals surface area contributed by atoms with Gasteiger partial charge in [0.1, 0.15) is 0 Å². The maximum Gasteiger partial charge on any atom is 0.0162 e. The first-order chi connectivity index (χ1) is 5.91. The van der Waals surface area contributed by atoms with Gasteiger partial charge >= 0.3 is 0 Å². The highest BCUT2D eigenvalue weighted by atomic mass is 32.1. The lowest BCUT2D eigenvalue weighted by Gasteiger charge is -2.04. The summed E-state index contributed by atoms with van der Waals surface area (Å²) in [7, 11) is 0. The molecule has 12 heavy (non-hydrogen) atoms. The smallest absolute Gasteiger partial charge is 0.0162 e. The van der Waals surface area contributed by atoms with Crippen LogP contribution in [0.1, 0.15) is 26.2 Å². The summed E-state index contributed by atoms with van der Waals surface area (Å²) in [5, 5.41) is 6.68. The SMILES string of the molecule is CCCCNCCCNCC[S]. The first-order valence-electron chi connectivity index (χ1n) is 4.91. The third-order valence-electron chi connectivity index (χ3n) is 1.69. The zero-order valence-electron chi connectivity index (χ0n) is 8.07. The summed E-state index contributed by atoms with van der Waals surface area (Å²) in [6.07, 6.45) is 3.78. The molecule has 0 aliphatic rings. The van der Waals surface area contributed by atoms with Gasteiger partial charge in [-0.3, -0.25) is 0 Å². The predicted octanol–water partition coefficient (Wildman–Crippen LogP) is 1.55. The highest BCUT2D eigenvalue weighted by molar-refractivity contribution is 7.80. The van der Waals surface area contributed by atoms with E-state index in [2.05, 4.69) is 17.6 Å². The molecule has 1 radical (unpaired) electrons. The summed E-state index contributed by atoms with van der Waals surface area (Å²) in [5.41, 5.74) is 0. The molecule has 3 heteroatoms. The summed E-state index contributed by atoms with van der Waals surface area (Å²) in [6, 6.07) is 0. The Hall–Kier alpha value is 0.270. The third kappa shape index (κ3) is 10.3. The van der Waals surface area contributed by atoms with Gasteiger partial charge in [-0.05, 0) is 32.5 Å². The first-order valence-corrected chi connectivity index (χ1v) is 5.49. The van der Waals surface area contributed by atoms with E-state index in [-0.39, 0.29) is 0 Å². The molecule has 0 heterocycles. The molecular weight excluding hydrogens is 168 g/mol. The van der Waals surface area contributed by atoms with Crippen LogP contribution in [0.15, 0.2) is 0 Å². The lowest BCUT2D eigenvalue weighted by molar-refractivity contribution is 0.590. The lowest BCUT2D eigenvalue weighted by atomic mass is 10.3. The normalized spacial score (nSPS) is 10.5. The molecule has 0 aromatic rings. The fourth-order valence-electron chi connectivity index (χ4n) is 0.962. The summed E-state index contributed by atoms with van der Waals surface area (Å²) < 4.78 is 0. The van der Waals surface area contributed by atoms with Crippen LogP contribution in [0.2, 0.25) is 0 Å². The van der Waals surface area contributed by atoms with Crippen molar-refractivity contribution in [2.45, 2.75) is 26.2 Å². The average Bonchev–Trinajstić information content (AvgIpc) is 2.10. The fourth-order valence-corrected chi connectivity index (χ4v) is 1.11. The highest BCUT2D eigenvalue weighted by Gasteiger charge is 1.87. The fraction of sp³-hybridized carbons (Fsp3) is 1.00. The maximum absolute atomic E-state index is 4.81. The van der Waals surface area contributed by atoms with Crippen molar-refractivity contribution < 1.29 is 0 Å². The monoisotopic (exact) mass is 189 g/mol. The van der Waals surface area contributed by atoms with Gasteiger partial charge in [-0.25, -0.2) is 0 Å². The van der Waals surface area contributed by atoms with Crippen LogP contribution in [0.5, 0.6) is 0 Å². The molecule has 0 saturated heterocycles. The molecule has 0 bridgehead atoms. The van der Waals surface area contributed by atoms with Crippen molar-refractivity contribution in [3.63, 3.8) is 0 Å². The van der Waals surface area contributed by atoms with Crippen LogP contribution in [0.4, 0.5) is 0 Å². The van der Waals surface area contributed by atoms with Crippen molar-refractivity contribution in [2.24, 2.45) is 0 Å². The molecule has 0 atom stereocenters. The van der Waals surface area contributed by atoms with Gasteiger partial charge in [0.15, 0.2) is 0 Å². The van der Waals surface area contributed by atoms with E-state index < -0.39 is 0 Å². The van der Waals surface area contributed by atoms with Gasteiger partial charge in [0, 0.05) is 12.3 Å². The standard InChI is InChI=1S/C9H21N2S/c1-2-3-5-10-6-4-7-11-8-9-12/h10-11H,2-9H2,1H3. The number of nitrogens with one attached hydrogen (secondary N) is 2. The van der Waals surface area contributed by atoms with Crippen LogP contribution in [-0.4, -0.2) is 31.9 Å². The Bertz CT molecular complexity index is 68.9. The number of hydrogen-bond acceptors (Lipinski definition) is 2. The summed E-state index contributed by atoms with van der Waals surface area (Å²) >= 11 is 4.81. The van der Waals surface area contributed by atoms with Crippen LogP contribution in [-0.2, 0) is 0 Å². The second-order valence-electron chi connectivity index (χ2n) is 2.91. The zero-order valence-corrected chi connectivity index (χ0v) is 8.88. The number of rotatable bonds is 9. The van der Waals surface area contributed by atoms with Crippen molar-refractivity contribution in [1.29, 1.82) is 0 Å². The van der Waals surface area contributed by atoms with Gasteiger partial charge < -0.3 is 10.6 Å². The Morgan fingerprint density at radius 2 is 1.50 bits per heavy atom. The first kappa shape index (κ1) is 12.3. The number of hydrogen-bond donors (Lipinski definition) is 2. The van der Waals surface area contributed by atoms with Gasteiger partial charge in [-0.15, -0.1) is 0 Å². The Morgan fingerprint density at radius 3 is 2.08 bits per heavy atom. The molecule has 2 nitrogen and oxygen atoms in total. The van der Waals surface area contributed by atoms with Crippen LogP contribution >= 0.6 is 12.6 Å². The van der Waals surface area contributed by atoms with Gasteiger partial charge in [0.25, 0.3) is 0 Å². The Morgan fingerprint density at radius 1 is 0.917 bits per heavy atom. The Kier molecular flexibility index (Phi) is 11.5. The average molecular weight is 189 g/mol. The molecule has 0 aromatic carbocycles. The van der Waals surface area contributed by atoms with Gasteiger partial charge in [0.2, 0.25) is 0 Å². The van der Waals surface area contributed by atoms with Crippen molar-refractivity contribution in [3.05, 3.63) is 0 Å². The van der Waals surface area contributed by atoms with Crippen molar-refractivity contribution in [1.82, 2.24) is 10.6 Å². The van der Waals surface area contributed by atoms with Gasteiger partial charge in [-0.2, -0.15) is 0 Å². The van der Waals surface area contributed by atoms with Crippen molar-refractivity contribution in [2.75, 3.05) is 31.9 Å². The van der Waals surface area contributed by atoms with E-state index in [4.69, 9.17) is 12.6 Å². The van der Waals surface area contributed by atoms with E-state index in [9.17, 15) is 0 Å². The predicted molar refractivity (Wildman–Crippen MR) is 57.7 cm³/mol. The molecular formula is C9H21N2S. The van der Waals surface area contributed by atoms with E-state index in [1.54, 1.807) is 0 Å². The van der Waals surface area contributed by atoms with E-state index in [1.807, 2.05) is 0 Å². The maximum atomic E-state index is 4.81. The Balaban J connectivity index is 2.73. The topological polar surface area (TPSA) is 24.1 Å². The molecule has 0 aliphatic carbocycles. The van der Waals surface area contributed by atoms with Crippen LogP contribution in [0.25, 0.3) is 0 Å². The molecule has 0 fully saturated rings. The lowest BCUT2D eigenvalue weighted by Crippen LogP contribution is -2.23. The van der Waals surface area contributed by atoms with Crippen molar-refractivity contribution in [3.8, 4) is 0 Å². The number of unbranched alkanes of at least 4 members (excludes halogenated alkanes) is 1. The summed E-state index contributed by atoms with van der Waals surface area (Å²) in [5.74, 6) is 0.823. The second kappa shape index (κ2) is 11.3. The second-order valence-corrected chi connectivity index (χ2v) is 3.32. The van der Waals surface area contributed by atoms with Crippen LogP contribution in [0, 0.1) is 0 Å². The van der Waals surface area contributed by atoms with E-state index in [0.29, 0.717) is 0 Å². The molecule has 2 N–H and O–H groups in total. The minimum atomic E-state index is 0.823. The van der Waals surface area contributed by atoms with Gasteiger partial charge in [-0.1, -0.05) is 26.0 Å². The molecule has 0 rings (SSSR count). The van der Waals surface area contributed by atoms with E-state index in [0.717, 1.165) is 31.9 Å². The van der Waals surface area contributed by atoms with Crippen LogP contribution in [0.3, 0.4) is 0 Å². The summed E-state index contributed by atoms with van der Waals surface area (Å²) in [6.45, 7) is 6.58. The highest BCUT2D eigenvalue weighted by Crippen LogP contribution is 1.82. The zero-order chi connectivity index (χ0) is 9.07. The van der Waals surface area contributed by atoms with Crippen LogP contribution < -0.4 is 10.6 Å². The molecule has 0 spiro atoms. The molecule has 73 valence electrons. The van der Waals surface area contributed by atoms with E-state index in [1.165, 1.54) is 19.3 Å². The van der Waals surface area contributed by atoms with Crippen molar-refractivity contribution >= 4 is 12.6 Å². The minimum Gasteiger partial charge on any atom is -0.317 e. The minimum absolute atomic E-state index is 0.823. The third-order valence-corrected chi connectivity index (χ3v) is 1.90. The molecule has 0 aliphatic heterocycles. The van der Waals surface area contributed by atoms with Gasteiger partial charge in [0.05, 0.1) is 0 Å². The Labute approximate surface area is 81.9 Å². The largest absolute Gasteiger partial charge is 0.317 e. The van der Waals surface area contributed by atoms with E-state index >= 15 is 0 Å². The molecule has 0 aromatic heterocycles. The quantitative estimate of drug-likeness (QED) is 0.538. The molecule has 0 amide bonds. The molecule has 0 saturated carbocycles. The summed E-state index contributed by atoms with van der Waals surface area (Å²) in [4.78, 5) is 0. The molecule has 0 unspecified atom stereocenters.